The van der Waals surface area contributed by atoms with E-state index in [4.69, 9.17) is 14.2 Å². The van der Waals surface area contributed by atoms with Crippen molar-refractivity contribution in [1.82, 2.24) is 9.80 Å². The van der Waals surface area contributed by atoms with Gasteiger partial charge in [0.25, 0.3) is 0 Å². The van der Waals surface area contributed by atoms with Crippen molar-refractivity contribution in [3.63, 3.8) is 0 Å². The van der Waals surface area contributed by atoms with Gasteiger partial charge >= 0.3 is 5.97 Å². The lowest BCUT2D eigenvalue weighted by Gasteiger charge is -2.32. The van der Waals surface area contributed by atoms with Crippen molar-refractivity contribution >= 4 is 17.8 Å². The molecule has 1 fully saturated rings. The highest BCUT2D eigenvalue weighted by molar-refractivity contribution is 5.85. The van der Waals surface area contributed by atoms with Crippen molar-refractivity contribution in [3.05, 3.63) is 24.3 Å². The number of likely N-dealkylation sites (tertiary alicyclic amines) is 1. The SMILES string of the molecule is CCOC(=O)C1CCCN(C(=O)CN(C)C(=O)CCCOc2ccc(OC)cc2)C1. The number of piperidine rings is 1. The lowest BCUT2D eigenvalue weighted by molar-refractivity contribution is -0.152. The second kappa shape index (κ2) is 12.0. The predicted molar refractivity (Wildman–Crippen MR) is 111 cm³/mol. The summed E-state index contributed by atoms with van der Waals surface area (Å²) in [4.78, 5) is 39.9. The first-order chi connectivity index (χ1) is 14.4. The lowest BCUT2D eigenvalue weighted by Crippen LogP contribution is -2.47. The van der Waals surface area contributed by atoms with Crippen molar-refractivity contribution in [3.8, 4) is 11.5 Å². The largest absolute Gasteiger partial charge is 0.497 e. The summed E-state index contributed by atoms with van der Waals surface area (Å²) in [5, 5.41) is 0. The van der Waals surface area contributed by atoms with E-state index < -0.39 is 0 Å². The minimum Gasteiger partial charge on any atom is -0.497 e. The van der Waals surface area contributed by atoms with Gasteiger partial charge in [-0.2, -0.15) is 0 Å². The Morgan fingerprint density at radius 3 is 2.53 bits per heavy atom. The van der Waals surface area contributed by atoms with Crippen LogP contribution >= 0.6 is 0 Å². The van der Waals surface area contributed by atoms with E-state index in [1.165, 1.54) is 4.90 Å². The van der Waals surface area contributed by atoms with Crippen molar-refractivity contribution < 1.29 is 28.6 Å². The number of hydrogen-bond donors (Lipinski definition) is 0. The summed E-state index contributed by atoms with van der Waals surface area (Å²) >= 11 is 0. The minimum atomic E-state index is -0.279. The molecule has 2 amide bonds. The normalized spacial score (nSPS) is 16.0. The number of carbonyl (C=O) groups excluding carboxylic acids is 3. The van der Waals surface area contributed by atoms with Gasteiger partial charge in [-0.15, -0.1) is 0 Å². The summed E-state index contributed by atoms with van der Waals surface area (Å²) in [5.74, 6) is 0.684. The summed E-state index contributed by atoms with van der Waals surface area (Å²) < 4.78 is 15.8. The molecule has 8 heteroatoms. The van der Waals surface area contributed by atoms with Gasteiger partial charge in [0.15, 0.2) is 0 Å². The van der Waals surface area contributed by atoms with Crippen LogP contribution in [0.15, 0.2) is 24.3 Å². The Labute approximate surface area is 178 Å². The summed E-state index contributed by atoms with van der Waals surface area (Å²) in [6, 6.07) is 7.25. The van der Waals surface area contributed by atoms with Gasteiger partial charge in [-0.3, -0.25) is 14.4 Å². The van der Waals surface area contributed by atoms with Crippen molar-refractivity contribution in [1.29, 1.82) is 0 Å². The molecule has 1 saturated heterocycles. The zero-order valence-corrected chi connectivity index (χ0v) is 18.1. The summed E-state index contributed by atoms with van der Waals surface area (Å²) in [7, 11) is 3.23. The number of carbonyl (C=O) groups is 3. The number of esters is 1. The standard InChI is InChI=1S/C22H32N2O6/c1-4-29-22(27)17-7-5-13-24(15-17)21(26)16-23(2)20(25)8-6-14-30-19-11-9-18(28-3)10-12-19/h9-12,17H,4-8,13-16H2,1-3H3. The second-order valence-corrected chi connectivity index (χ2v) is 7.31. The van der Waals surface area contributed by atoms with Crippen LogP contribution in [0.5, 0.6) is 11.5 Å². The molecule has 1 aromatic carbocycles. The lowest BCUT2D eigenvalue weighted by atomic mass is 9.98. The zero-order valence-electron chi connectivity index (χ0n) is 18.1. The average molecular weight is 421 g/mol. The van der Waals surface area contributed by atoms with E-state index in [9.17, 15) is 14.4 Å². The Morgan fingerprint density at radius 2 is 1.87 bits per heavy atom. The van der Waals surface area contributed by atoms with Gasteiger partial charge in [0.1, 0.15) is 11.5 Å². The molecule has 0 aromatic heterocycles. The molecule has 0 spiro atoms. The van der Waals surface area contributed by atoms with Gasteiger partial charge in [0.2, 0.25) is 11.8 Å². The fourth-order valence-electron chi connectivity index (χ4n) is 3.32. The van der Waals surface area contributed by atoms with E-state index >= 15 is 0 Å². The van der Waals surface area contributed by atoms with Crippen LogP contribution in [0.4, 0.5) is 0 Å². The molecular weight excluding hydrogens is 388 g/mol. The molecule has 0 aliphatic carbocycles. The van der Waals surface area contributed by atoms with Crippen LogP contribution in [0.3, 0.4) is 0 Å². The van der Waals surface area contributed by atoms with E-state index in [0.29, 0.717) is 44.9 Å². The molecule has 1 unspecified atom stereocenters. The van der Waals surface area contributed by atoms with Crippen molar-refractivity contribution in [2.24, 2.45) is 5.92 Å². The van der Waals surface area contributed by atoms with E-state index in [1.54, 1.807) is 26.0 Å². The van der Waals surface area contributed by atoms with E-state index in [0.717, 1.165) is 18.6 Å². The number of benzene rings is 1. The Morgan fingerprint density at radius 1 is 1.17 bits per heavy atom. The molecule has 0 bridgehead atoms. The van der Waals surface area contributed by atoms with Crippen LogP contribution < -0.4 is 9.47 Å². The topological polar surface area (TPSA) is 85.4 Å². The number of ether oxygens (including phenoxy) is 3. The molecule has 1 aliphatic heterocycles. The van der Waals surface area contributed by atoms with Gasteiger partial charge in [0.05, 0.1) is 32.8 Å². The highest BCUT2D eigenvalue weighted by atomic mass is 16.5. The maximum Gasteiger partial charge on any atom is 0.310 e. The Kier molecular flexibility index (Phi) is 9.44. The van der Waals surface area contributed by atoms with Gasteiger partial charge in [-0.05, 0) is 50.5 Å². The van der Waals surface area contributed by atoms with Crippen LogP contribution in [0.25, 0.3) is 0 Å². The third kappa shape index (κ3) is 7.24. The number of hydrogen-bond acceptors (Lipinski definition) is 6. The quantitative estimate of drug-likeness (QED) is 0.426. The third-order valence-corrected chi connectivity index (χ3v) is 5.06. The summed E-state index contributed by atoms with van der Waals surface area (Å²) in [5.41, 5.74) is 0. The van der Waals surface area contributed by atoms with E-state index in [1.807, 2.05) is 24.3 Å². The van der Waals surface area contributed by atoms with Crippen LogP contribution in [0, 0.1) is 5.92 Å². The number of methoxy groups -OCH3 is 1. The van der Waals surface area contributed by atoms with Gasteiger partial charge in [0, 0.05) is 26.6 Å². The fraction of sp³-hybridized carbons (Fsp3) is 0.591. The molecule has 0 saturated carbocycles. The molecule has 1 aromatic rings. The first kappa shape index (κ1) is 23.5. The highest BCUT2D eigenvalue weighted by Gasteiger charge is 2.30. The molecule has 1 atom stereocenters. The molecule has 166 valence electrons. The number of rotatable bonds is 10. The molecular formula is C22H32N2O6. The first-order valence-corrected chi connectivity index (χ1v) is 10.4. The fourth-order valence-corrected chi connectivity index (χ4v) is 3.32. The van der Waals surface area contributed by atoms with Gasteiger partial charge in [-0.1, -0.05) is 0 Å². The summed E-state index contributed by atoms with van der Waals surface area (Å²) in [6.45, 7) is 3.48. The van der Waals surface area contributed by atoms with Crippen LogP contribution in [0.1, 0.15) is 32.6 Å². The Balaban J connectivity index is 1.69. The van der Waals surface area contributed by atoms with Crippen molar-refractivity contribution in [2.45, 2.75) is 32.6 Å². The zero-order chi connectivity index (χ0) is 21.9. The first-order valence-electron chi connectivity index (χ1n) is 10.4. The second-order valence-electron chi connectivity index (χ2n) is 7.31. The Bertz CT molecular complexity index is 706. The molecule has 0 radical (unpaired) electrons. The molecule has 8 nitrogen and oxygen atoms in total. The number of nitrogens with zero attached hydrogens (tertiary/aromatic N) is 2. The maximum atomic E-state index is 12.6. The van der Waals surface area contributed by atoms with Crippen LogP contribution in [0.2, 0.25) is 0 Å². The van der Waals surface area contributed by atoms with Gasteiger partial charge in [-0.25, -0.2) is 0 Å². The van der Waals surface area contributed by atoms with E-state index in [2.05, 4.69) is 0 Å². The minimum absolute atomic E-state index is 0.00765. The molecule has 1 heterocycles. The highest BCUT2D eigenvalue weighted by Crippen LogP contribution is 2.19. The maximum absolute atomic E-state index is 12.6. The average Bonchev–Trinajstić information content (AvgIpc) is 2.77. The molecule has 30 heavy (non-hydrogen) atoms. The molecule has 2 rings (SSSR count). The molecule has 1 aliphatic rings. The number of amides is 2. The van der Waals surface area contributed by atoms with Crippen molar-refractivity contribution in [2.75, 3.05) is 47.0 Å². The smallest absolute Gasteiger partial charge is 0.310 e. The summed E-state index contributed by atoms with van der Waals surface area (Å²) in [6.07, 6.45) is 2.34. The monoisotopic (exact) mass is 420 g/mol. The Hall–Kier alpha value is -2.77. The molecule has 0 N–H and O–H groups in total. The number of likely N-dealkylation sites (N-methyl/N-ethyl adjacent to an activating group) is 1. The third-order valence-electron chi connectivity index (χ3n) is 5.06. The van der Waals surface area contributed by atoms with Crippen LogP contribution in [-0.4, -0.2) is 74.6 Å². The van der Waals surface area contributed by atoms with Gasteiger partial charge < -0.3 is 24.0 Å². The predicted octanol–water partition coefficient (Wildman–Crippen LogP) is 2.11. The van der Waals surface area contributed by atoms with E-state index in [-0.39, 0.29) is 30.2 Å². The van der Waals surface area contributed by atoms with Crippen LogP contribution in [-0.2, 0) is 19.1 Å².